The van der Waals surface area contributed by atoms with Crippen molar-refractivity contribution in [3.05, 3.63) is 30.1 Å². The maximum absolute atomic E-state index is 8.24. The van der Waals surface area contributed by atoms with Gasteiger partial charge in [-0.05, 0) is 0 Å². The van der Waals surface area contributed by atoms with Gasteiger partial charge in [-0.2, -0.15) is 0 Å². The molecule has 1 rings (SSSR count). The van der Waals surface area contributed by atoms with E-state index in [0.29, 0.717) is 5.56 Å². The van der Waals surface area contributed by atoms with Crippen molar-refractivity contribution in [2.24, 2.45) is 0 Å². The van der Waals surface area contributed by atoms with Crippen molar-refractivity contribution in [1.29, 1.82) is 5.26 Å². The molecule has 0 radical (unpaired) electrons. The van der Waals surface area contributed by atoms with Crippen molar-refractivity contribution in [1.82, 2.24) is 4.98 Å². The standard InChI is InChI=1S/C6H3N2.W/c7-5-6-1-3-8-4-2-6;/h1-3H;/q-1;. The molecule has 44 valence electrons. The molecular formula is C6H3N2W-. The van der Waals surface area contributed by atoms with Crippen LogP contribution in [0, 0.1) is 17.5 Å². The molecule has 1 aromatic rings. The molecule has 0 spiro atoms. The quantitative estimate of drug-likeness (QED) is 0.660. The third-order valence-electron chi connectivity index (χ3n) is 0.752. The van der Waals surface area contributed by atoms with Crippen LogP contribution in [0.25, 0.3) is 0 Å². The molecule has 1 aromatic heterocycles. The summed E-state index contributed by atoms with van der Waals surface area (Å²) in [5, 5.41) is 8.24. The first-order chi connectivity index (χ1) is 3.93. The molecule has 0 aliphatic carbocycles. The van der Waals surface area contributed by atoms with E-state index in [2.05, 4.69) is 11.2 Å². The summed E-state index contributed by atoms with van der Waals surface area (Å²) in [6.45, 7) is 0. The average Bonchev–Trinajstić information content (AvgIpc) is 1.90. The van der Waals surface area contributed by atoms with Crippen LogP contribution < -0.4 is 0 Å². The zero-order valence-corrected chi connectivity index (χ0v) is 7.47. The third kappa shape index (κ3) is 2.39. The summed E-state index contributed by atoms with van der Waals surface area (Å²) >= 11 is 0. The van der Waals surface area contributed by atoms with E-state index < -0.39 is 0 Å². The Morgan fingerprint density at radius 1 is 1.67 bits per heavy atom. The Morgan fingerprint density at radius 3 is 2.78 bits per heavy atom. The Balaban J connectivity index is 0.000000640. The molecule has 0 fully saturated rings. The topological polar surface area (TPSA) is 36.7 Å². The summed E-state index contributed by atoms with van der Waals surface area (Å²) in [5.74, 6) is 0. The SMILES string of the molecule is N#Cc1c[c-]ncc1.[W]. The van der Waals surface area contributed by atoms with Gasteiger partial charge in [0.25, 0.3) is 0 Å². The molecule has 0 amide bonds. The van der Waals surface area contributed by atoms with Gasteiger partial charge in [0.2, 0.25) is 0 Å². The summed E-state index contributed by atoms with van der Waals surface area (Å²) in [6, 6.07) is 5.13. The van der Waals surface area contributed by atoms with E-state index in [1.807, 2.05) is 6.07 Å². The fourth-order valence-electron chi connectivity index (χ4n) is 0.385. The number of hydrogen-bond acceptors (Lipinski definition) is 2. The maximum Gasteiger partial charge on any atom is 0.0308 e. The zero-order valence-electron chi connectivity index (χ0n) is 4.53. The van der Waals surface area contributed by atoms with Gasteiger partial charge in [-0.25, -0.2) is 5.26 Å². The Hall–Kier alpha value is -0.672. The second kappa shape index (κ2) is 4.23. The molecule has 0 unspecified atom stereocenters. The summed E-state index contributed by atoms with van der Waals surface area (Å²) in [6.07, 6.45) is 4.08. The number of aromatic nitrogens is 1. The van der Waals surface area contributed by atoms with Crippen molar-refractivity contribution < 1.29 is 21.1 Å². The Morgan fingerprint density at radius 2 is 2.44 bits per heavy atom. The molecule has 2 nitrogen and oxygen atoms in total. The average molecular weight is 287 g/mol. The smallest absolute Gasteiger partial charge is 0.0308 e. The first-order valence-electron chi connectivity index (χ1n) is 2.15. The predicted octanol–water partition coefficient (Wildman–Crippen LogP) is 0.751. The van der Waals surface area contributed by atoms with E-state index in [1.165, 1.54) is 0 Å². The number of pyridine rings is 1. The van der Waals surface area contributed by atoms with Crippen LogP contribution in [0.3, 0.4) is 0 Å². The first-order valence-corrected chi connectivity index (χ1v) is 2.15. The van der Waals surface area contributed by atoms with Gasteiger partial charge < -0.3 is 4.98 Å². The van der Waals surface area contributed by atoms with Gasteiger partial charge in [0.05, 0.1) is 0 Å². The second-order valence-electron chi connectivity index (χ2n) is 1.29. The van der Waals surface area contributed by atoms with Crippen LogP contribution in [0.5, 0.6) is 0 Å². The minimum absolute atomic E-state index is 0. The number of nitriles is 1. The molecule has 3 heteroatoms. The summed E-state index contributed by atoms with van der Waals surface area (Å²) in [4.78, 5) is 3.62. The fourth-order valence-corrected chi connectivity index (χ4v) is 0.385. The van der Waals surface area contributed by atoms with Crippen molar-refractivity contribution in [2.45, 2.75) is 0 Å². The second-order valence-corrected chi connectivity index (χ2v) is 1.29. The molecule has 0 saturated carbocycles. The molecule has 0 aromatic carbocycles. The van der Waals surface area contributed by atoms with Crippen LogP contribution in [-0.4, -0.2) is 4.98 Å². The van der Waals surface area contributed by atoms with Crippen LogP contribution >= 0.6 is 0 Å². The summed E-state index contributed by atoms with van der Waals surface area (Å²) in [5.41, 5.74) is 0.597. The third-order valence-corrected chi connectivity index (χ3v) is 0.752. The first kappa shape index (κ1) is 8.33. The maximum atomic E-state index is 8.24. The predicted molar refractivity (Wildman–Crippen MR) is 27.8 cm³/mol. The number of hydrogen-bond donors (Lipinski definition) is 0. The molecule has 9 heavy (non-hydrogen) atoms. The fraction of sp³-hybridized carbons (Fsp3) is 0. The van der Waals surface area contributed by atoms with E-state index in [0.717, 1.165) is 0 Å². The molecule has 0 saturated heterocycles. The molecule has 1 heterocycles. The molecule has 0 aliphatic rings. The van der Waals surface area contributed by atoms with E-state index in [9.17, 15) is 0 Å². The molecule has 0 N–H and O–H groups in total. The van der Waals surface area contributed by atoms with Gasteiger partial charge in [-0.3, -0.25) is 0 Å². The van der Waals surface area contributed by atoms with Crippen molar-refractivity contribution in [3.63, 3.8) is 0 Å². The van der Waals surface area contributed by atoms with Gasteiger partial charge in [0, 0.05) is 27.1 Å². The van der Waals surface area contributed by atoms with E-state index in [-0.39, 0.29) is 21.1 Å². The van der Waals surface area contributed by atoms with Crippen molar-refractivity contribution in [3.8, 4) is 6.07 Å². The largest absolute Gasteiger partial charge is 0.394 e. The molecule has 0 atom stereocenters. The minimum atomic E-state index is 0. The Bertz CT molecular complexity index is 202. The summed E-state index contributed by atoms with van der Waals surface area (Å²) < 4.78 is 0. The van der Waals surface area contributed by atoms with E-state index >= 15 is 0 Å². The van der Waals surface area contributed by atoms with Gasteiger partial charge in [-0.1, -0.05) is 18.0 Å². The van der Waals surface area contributed by atoms with Crippen LogP contribution in [0.2, 0.25) is 0 Å². The van der Waals surface area contributed by atoms with Crippen LogP contribution in [0.1, 0.15) is 5.56 Å². The van der Waals surface area contributed by atoms with Gasteiger partial charge in [0.1, 0.15) is 0 Å². The number of rotatable bonds is 0. The minimum Gasteiger partial charge on any atom is -0.394 e. The number of nitrogens with zero attached hydrogens (tertiary/aromatic N) is 2. The Kier molecular flexibility index (Phi) is 3.92. The van der Waals surface area contributed by atoms with E-state index in [1.54, 1.807) is 18.3 Å². The molecule has 0 aliphatic heterocycles. The molecular weight excluding hydrogens is 284 g/mol. The monoisotopic (exact) mass is 287 g/mol. The van der Waals surface area contributed by atoms with Gasteiger partial charge in [0.15, 0.2) is 0 Å². The van der Waals surface area contributed by atoms with Crippen molar-refractivity contribution in [2.75, 3.05) is 0 Å². The normalized spacial score (nSPS) is 7.00. The zero-order chi connectivity index (χ0) is 5.82. The van der Waals surface area contributed by atoms with Gasteiger partial charge >= 0.3 is 0 Å². The summed E-state index contributed by atoms with van der Waals surface area (Å²) in [7, 11) is 0. The molecule has 0 bridgehead atoms. The van der Waals surface area contributed by atoms with Crippen LogP contribution in [0.4, 0.5) is 0 Å². The Labute approximate surface area is 67.8 Å². The van der Waals surface area contributed by atoms with Crippen LogP contribution in [0.15, 0.2) is 18.3 Å². The van der Waals surface area contributed by atoms with Gasteiger partial charge in [-0.15, -0.1) is 12.1 Å². The van der Waals surface area contributed by atoms with E-state index in [4.69, 9.17) is 5.26 Å². The van der Waals surface area contributed by atoms with Crippen LogP contribution in [-0.2, 0) is 21.1 Å². The van der Waals surface area contributed by atoms with Crippen molar-refractivity contribution >= 4 is 0 Å².